The molecule has 5 nitrogen and oxygen atoms in total. The molecule has 3 N–H and O–H groups in total. The van der Waals surface area contributed by atoms with Gasteiger partial charge in [0.2, 0.25) is 5.91 Å². The van der Waals surface area contributed by atoms with Gasteiger partial charge in [0.25, 0.3) is 0 Å². The maximum atomic E-state index is 12.0. The van der Waals surface area contributed by atoms with Crippen LogP contribution in [0, 0.1) is 6.92 Å². The number of carbonyl (C=O) groups is 1. The van der Waals surface area contributed by atoms with Gasteiger partial charge in [0.05, 0.1) is 5.69 Å². The van der Waals surface area contributed by atoms with Crippen LogP contribution < -0.4 is 11.1 Å². The summed E-state index contributed by atoms with van der Waals surface area (Å²) in [5, 5.41) is 2.92. The molecule has 1 aromatic heterocycles. The van der Waals surface area contributed by atoms with Gasteiger partial charge >= 0.3 is 0 Å². The van der Waals surface area contributed by atoms with Crippen molar-refractivity contribution in [3.8, 4) is 11.3 Å². The highest BCUT2D eigenvalue weighted by Crippen LogP contribution is 2.24. The second-order valence-corrected chi connectivity index (χ2v) is 6.23. The minimum atomic E-state index is -0.324. The highest BCUT2D eigenvalue weighted by Gasteiger charge is 2.21. The van der Waals surface area contributed by atoms with Gasteiger partial charge < -0.3 is 15.5 Å². The summed E-state index contributed by atoms with van der Waals surface area (Å²) in [5.74, 6) is 1.33. The largest absolute Gasteiger partial charge is 0.440 e. The molecular weight excluding hydrogens is 302 g/mol. The molecule has 0 radical (unpaired) electrons. The Bertz CT molecular complexity index is 661. The first-order valence-corrected chi connectivity index (χ1v) is 8.54. The standard InChI is InChI=1S/C19H27N3O2/c1-4-19(20,5-2)13-21-16(23)11-12-17-22-14(3)18(24-17)15-9-7-6-8-10-15/h6-10H,4-5,11-13,20H2,1-3H3,(H,21,23). The van der Waals surface area contributed by atoms with Crippen LogP contribution in [0.5, 0.6) is 0 Å². The Morgan fingerprint density at radius 3 is 2.54 bits per heavy atom. The van der Waals surface area contributed by atoms with Gasteiger partial charge in [-0.05, 0) is 19.8 Å². The number of aromatic nitrogens is 1. The molecule has 0 aliphatic carbocycles. The average Bonchev–Trinajstić information content (AvgIpc) is 2.99. The highest BCUT2D eigenvalue weighted by atomic mass is 16.4. The lowest BCUT2D eigenvalue weighted by Crippen LogP contribution is -2.49. The zero-order valence-electron chi connectivity index (χ0n) is 14.8. The van der Waals surface area contributed by atoms with E-state index in [9.17, 15) is 4.79 Å². The molecule has 2 rings (SSSR count). The number of nitrogens with one attached hydrogen (secondary N) is 1. The van der Waals surface area contributed by atoms with Gasteiger partial charge in [-0.2, -0.15) is 0 Å². The SMILES string of the molecule is CCC(N)(CC)CNC(=O)CCc1nc(C)c(-c2ccccc2)o1. The maximum Gasteiger partial charge on any atom is 0.220 e. The van der Waals surface area contributed by atoms with E-state index in [0.29, 0.717) is 25.3 Å². The monoisotopic (exact) mass is 329 g/mol. The van der Waals surface area contributed by atoms with E-state index in [2.05, 4.69) is 10.3 Å². The molecule has 0 saturated carbocycles. The predicted octanol–water partition coefficient (Wildman–Crippen LogP) is 3.22. The molecule has 0 aliphatic rings. The van der Waals surface area contributed by atoms with Crippen molar-refractivity contribution in [3.05, 3.63) is 41.9 Å². The summed E-state index contributed by atoms with van der Waals surface area (Å²) in [4.78, 5) is 16.4. The van der Waals surface area contributed by atoms with Gasteiger partial charge in [-0.15, -0.1) is 0 Å². The summed E-state index contributed by atoms with van der Waals surface area (Å²) in [7, 11) is 0. The summed E-state index contributed by atoms with van der Waals surface area (Å²) in [5.41, 5.74) is 7.71. The van der Waals surface area contributed by atoms with E-state index in [-0.39, 0.29) is 11.4 Å². The number of benzene rings is 1. The number of rotatable bonds is 8. The summed E-state index contributed by atoms with van der Waals surface area (Å²) >= 11 is 0. The van der Waals surface area contributed by atoms with Crippen molar-refractivity contribution in [3.63, 3.8) is 0 Å². The Labute approximate surface area is 143 Å². The van der Waals surface area contributed by atoms with E-state index >= 15 is 0 Å². The fourth-order valence-electron chi connectivity index (χ4n) is 2.50. The van der Waals surface area contributed by atoms with Crippen LogP contribution in [0.4, 0.5) is 0 Å². The molecule has 1 amide bonds. The molecule has 0 spiro atoms. The third-order valence-corrected chi connectivity index (χ3v) is 4.49. The van der Waals surface area contributed by atoms with Crippen molar-refractivity contribution < 1.29 is 9.21 Å². The van der Waals surface area contributed by atoms with Gasteiger partial charge in [-0.25, -0.2) is 4.98 Å². The maximum absolute atomic E-state index is 12.0. The third-order valence-electron chi connectivity index (χ3n) is 4.49. The van der Waals surface area contributed by atoms with Crippen LogP contribution in [0.15, 0.2) is 34.7 Å². The predicted molar refractivity (Wildman–Crippen MR) is 95.5 cm³/mol. The van der Waals surface area contributed by atoms with E-state index in [1.54, 1.807) is 0 Å². The molecule has 0 fully saturated rings. The number of amides is 1. The van der Waals surface area contributed by atoms with Gasteiger partial charge in [0, 0.05) is 30.5 Å². The first-order valence-electron chi connectivity index (χ1n) is 8.54. The summed E-state index contributed by atoms with van der Waals surface area (Å²) in [6.07, 6.45) is 2.50. The molecular formula is C19H27N3O2. The number of hydrogen-bond acceptors (Lipinski definition) is 4. The topological polar surface area (TPSA) is 81.1 Å². The summed E-state index contributed by atoms with van der Waals surface area (Å²) < 4.78 is 5.82. The molecule has 24 heavy (non-hydrogen) atoms. The average molecular weight is 329 g/mol. The molecule has 1 heterocycles. The van der Waals surface area contributed by atoms with Crippen molar-refractivity contribution in [1.82, 2.24) is 10.3 Å². The second-order valence-electron chi connectivity index (χ2n) is 6.23. The summed E-state index contributed by atoms with van der Waals surface area (Å²) in [6.45, 7) is 6.49. The van der Waals surface area contributed by atoms with Crippen LogP contribution in [-0.4, -0.2) is 23.0 Å². The van der Waals surface area contributed by atoms with Crippen molar-refractivity contribution in [2.75, 3.05) is 6.54 Å². The highest BCUT2D eigenvalue weighted by molar-refractivity contribution is 5.76. The minimum Gasteiger partial charge on any atom is -0.440 e. The van der Waals surface area contributed by atoms with Crippen molar-refractivity contribution in [2.45, 2.75) is 52.0 Å². The van der Waals surface area contributed by atoms with Crippen LogP contribution in [0.2, 0.25) is 0 Å². The van der Waals surface area contributed by atoms with Crippen molar-refractivity contribution in [1.29, 1.82) is 0 Å². The first-order chi connectivity index (χ1) is 11.5. The second kappa shape index (κ2) is 8.11. The van der Waals surface area contributed by atoms with Gasteiger partial charge in [-0.1, -0.05) is 44.2 Å². The van der Waals surface area contributed by atoms with Crippen LogP contribution in [0.3, 0.4) is 0 Å². The number of nitrogens with zero attached hydrogens (tertiary/aromatic N) is 1. The normalized spacial score (nSPS) is 11.5. The fourth-order valence-corrected chi connectivity index (χ4v) is 2.50. The minimum absolute atomic E-state index is 0.0242. The number of oxazole rings is 1. The third kappa shape index (κ3) is 4.68. The molecule has 1 aromatic carbocycles. The quantitative estimate of drug-likeness (QED) is 0.779. The Hall–Kier alpha value is -2.14. The number of carbonyl (C=O) groups excluding carboxylic acids is 1. The van der Waals surface area contributed by atoms with E-state index < -0.39 is 0 Å². The molecule has 130 valence electrons. The van der Waals surface area contributed by atoms with Crippen LogP contribution in [-0.2, 0) is 11.2 Å². The van der Waals surface area contributed by atoms with E-state index in [4.69, 9.17) is 10.2 Å². The van der Waals surface area contributed by atoms with Gasteiger partial charge in [0.15, 0.2) is 11.7 Å². The molecule has 0 bridgehead atoms. The molecule has 0 unspecified atom stereocenters. The molecule has 0 saturated heterocycles. The Morgan fingerprint density at radius 2 is 1.92 bits per heavy atom. The van der Waals surface area contributed by atoms with Crippen LogP contribution in [0.1, 0.15) is 44.7 Å². The van der Waals surface area contributed by atoms with Gasteiger partial charge in [-0.3, -0.25) is 4.79 Å². The van der Waals surface area contributed by atoms with Crippen molar-refractivity contribution in [2.24, 2.45) is 5.73 Å². The zero-order valence-corrected chi connectivity index (χ0v) is 14.8. The van der Waals surface area contributed by atoms with Crippen LogP contribution >= 0.6 is 0 Å². The number of hydrogen-bond donors (Lipinski definition) is 2. The molecule has 0 aliphatic heterocycles. The van der Waals surface area contributed by atoms with E-state index in [0.717, 1.165) is 29.9 Å². The number of aryl methyl sites for hydroxylation is 2. The molecule has 2 aromatic rings. The lowest BCUT2D eigenvalue weighted by Gasteiger charge is -2.26. The van der Waals surface area contributed by atoms with Crippen LogP contribution in [0.25, 0.3) is 11.3 Å². The smallest absolute Gasteiger partial charge is 0.220 e. The Balaban J connectivity index is 1.90. The fraction of sp³-hybridized carbons (Fsp3) is 0.474. The first kappa shape index (κ1) is 18.2. The van der Waals surface area contributed by atoms with Crippen molar-refractivity contribution >= 4 is 5.91 Å². The Kier molecular flexibility index (Phi) is 6.15. The lowest BCUT2D eigenvalue weighted by molar-refractivity contribution is -0.121. The number of nitrogens with two attached hydrogens (primary N) is 1. The van der Waals surface area contributed by atoms with E-state index in [1.807, 2.05) is 51.1 Å². The lowest BCUT2D eigenvalue weighted by atomic mass is 9.94. The summed E-state index contributed by atoms with van der Waals surface area (Å²) in [6, 6.07) is 9.86. The molecule has 0 atom stereocenters. The van der Waals surface area contributed by atoms with E-state index in [1.165, 1.54) is 0 Å². The van der Waals surface area contributed by atoms with Gasteiger partial charge in [0.1, 0.15) is 0 Å². The molecule has 5 heteroatoms. The Morgan fingerprint density at radius 1 is 1.25 bits per heavy atom. The zero-order chi connectivity index (χ0) is 17.6.